The van der Waals surface area contributed by atoms with Gasteiger partial charge in [-0.3, -0.25) is 14.9 Å². The van der Waals surface area contributed by atoms with Gasteiger partial charge in [-0.05, 0) is 18.6 Å². The highest BCUT2D eigenvalue weighted by Gasteiger charge is 2.23. The van der Waals surface area contributed by atoms with Crippen LogP contribution in [-0.2, 0) is 4.79 Å². The number of hydrogen-bond donors (Lipinski definition) is 1. The van der Waals surface area contributed by atoms with Crippen LogP contribution in [-0.4, -0.2) is 11.8 Å². The third-order valence-corrected chi connectivity index (χ3v) is 2.20. The second-order valence-corrected chi connectivity index (χ2v) is 4.76. The molecule has 0 saturated carbocycles. The maximum atomic E-state index is 11.8. The van der Waals surface area contributed by atoms with Crippen molar-refractivity contribution >= 4 is 11.8 Å². The highest BCUT2D eigenvalue weighted by molar-refractivity contribution is 6.06. The van der Waals surface area contributed by atoms with E-state index < -0.39 is 11.3 Å². The van der Waals surface area contributed by atoms with Crippen molar-refractivity contribution in [2.45, 2.75) is 27.7 Å². The SMILES string of the molecule is Cc1ccc[c]c1C(=O)NC(=O)C(C)(C)C. The van der Waals surface area contributed by atoms with E-state index in [1.165, 1.54) is 0 Å². The molecule has 3 nitrogen and oxygen atoms in total. The van der Waals surface area contributed by atoms with Crippen molar-refractivity contribution in [2.75, 3.05) is 0 Å². The summed E-state index contributed by atoms with van der Waals surface area (Å²) in [4.78, 5) is 23.4. The molecule has 1 aromatic rings. The molecule has 16 heavy (non-hydrogen) atoms. The molecule has 1 aromatic carbocycles. The largest absolute Gasteiger partial charge is 0.292 e. The van der Waals surface area contributed by atoms with Crippen LogP contribution in [0.2, 0.25) is 0 Å². The van der Waals surface area contributed by atoms with Gasteiger partial charge < -0.3 is 0 Å². The van der Waals surface area contributed by atoms with E-state index >= 15 is 0 Å². The van der Waals surface area contributed by atoms with Crippen LogP contribution >= 0.6 is 0 Å². The van der Waals surface area contributed by atoms with Crippen molar-refractivity contribution in [2.24, 2.45) is 5.41 Å². The summed E-state index contributed by atoms with van der Waals surface area (Å²) in [5.41, 5.74) is 0.653. The fraction of sp³-hybridized carbons (Fsp3) is 0.385. The summed E-state index contributed by atoms with van der Waals surface area (Å²) in [6.07, 6.45) is 0. The van der Waals surface area contributed by atoms with Crippen molar-refractivity contribution in [3.8, 4) is 0 Å². The Balaban J connectivity index is 2.82. The zero-order valence-electron chi connectivity index (χ0n) is 10.0. The minimum Gasteiger partial charge on any atom is -0.292 e. The number of benzene rings is 1. The lowest BCUT2D eigenvalue weighted by Crippen LogP contribution is -2.39. The molecule has 1 rings (SSSR count). The maximum absolute atomic E-state index is 11.8. The molecule has 2 amide bonds. The molecule has 0 heterocycles. The lowest BCUT2D eigenvalue weighted by Gasteiger charge is -2.17. The second-order valence-electron chi connectivity index (χ2n) is 4.76. The summed E-state index contributed by atoms with van der Waals surface area (Å²) in [6, 6.07) is 8.10. The van der Waals surface area contributed by atoms with Crippen LogP contribution in [0.25, 0.3) is 0 Å². The van der Waals surface area contributed by atoms with Crippen LogP contribution in [0.3, 0.4) is 0 Å². The fourth-order valence-electron chi connectivity index (χ4n) is 1.12. The molecular weight excluding hydrogens is 202 g/mol. The molecule has 1 N–H and O–H groups in total. The lowest BCUT2D eigenvalue weighted by molar-refractivity contribution is -0.127. The van der Waals surface area contributed by atoms with E-state index in [1.54, 1.807) is 32.9 Å². The van der Waals surface area contributed by atoms with Crippen molar-refractivity contribution < 1.29 is 9.59 Å². The number of nitrogens with one attached hydrogen (secondary N) is 1. The van der Waals surface area contributed by atoms with Crippen LogP contribution < -0.4 is 5.32 Å². The smallest absolute Gasteiger partial charge is 0.258 e. The maximum Gasteiger partial charge on any atom is 0.258 e. The van der Waals surface area contributed by atoms with Gasteiger partial charge in [-0.25, -0.2) is 0 Å². The van der Waals surface area contributed by atoms with Gasteiger partial charge in [0, 0.05) is 5.41 Å². The first kappa shape index (κ1) is 12.4. The first-order valence-electron chi connectivity index (χ1n) is 5.15. The minimum absolute atomic E-state index is 0.283. The number of carbonyl (C=O) groups is 2. The van der Waals surface area contributed by atoms with Gasteiger partial charge in [0.2, 0.25) is 5.91 Å². The zero-order valence-corrected chi connectivity index (χ0v) is 10.0. The monoisotopic (exact) mass is 218 g/mol. The van der Waals surface area contributed by atoms with Crippen molar-refractivity contribution in [1.82, 2.24) is 5.32 Å². The number of imide groups is 1. The van der Waals surface area contributed by atoms with Gasteiger partial charge in [-0.15, -0.1) is 0 Å². The predicted octanol–water partition coefficient (Wildman–Crippen LogP) is 2.10. The highest BCUT2D eigenvalue weighted by Crippen LogP contribution is 2.13. The van der Waals surface area contributed by atoms with E-state index in [-0.39, 0.29) is 5.91 Å². The van der Waals surface area contributed by atoms with Crippen LogP contribution in [0.15, 0.2) is 18.2 Å². The highest BCUT2D eigenvalue weighted by atomic mass is 16.2. The first-order chi connectivity index (χ1) is 7.32. The molecule has 0 spiro atoms. The summed E-state index contributed by atoms with van der Waals surface area (Å²) < 4.78 is 0. The van der Waals surface area contributed by atoms with Gasteiger partial charge in [0.1, 0.15) is 0 Å². The molecule has 0 aliphatic carbocycles. The Hall–Kier alpha value is -1.64. The molecule has 0 atom stereocenters. The van der Waals surface area contributed by atoms with E-state index in [4.69, 9.17) is 0 Å². The molecule has 0 fully saturated rings. The van der Waals surface area contributed by atoms with E-state index in [0.717, 1.165) is 5.56 Å². The minimum atomic E-state index is -0.571. The summed E-state index contributed by atoms with van der Waals surface area (Å²) in [7, 11) is 0. The average molecular weight is 218 g/mol. The number of aryl methyl sites for hydroxylation is 1. The molecule has 0 unspecified atom stereocenters. The average Bonchev–Trinajstić information content (AvgIpc) is 2.16. The Morgan fingerprint density at radius 2 is 1.94 bits per heavy atom. The van der Waals surface area contributed by atoms with Gasteiger partial charge in [-0.2, -0.15) is 0 Å². The molecule has 0 bridgehead atoms. The van der Waals surface area contributed by atoms with E-state index in [0.29, 0.717) is 5.56 Å². The normalized spacial score (nSPS) is 11.0. The number of carbonyl (C=O) groups excluding carboxylic acids is 2. The van der Waals surface area contributed by atoms with E-state index in [9.17, 15) is 9.59 Å². The Bertz CT molecular complexity index is 416. The van der Waals surface area contributed by atoms with Crippen LogP contribution in [0.1, 0.15) is 36.7 Å². The number of hydrogen-bond acceptors (Lipinski definition) is 2. The first-order valence-corrected chi connectivity index (χ1v) is 5.15. The molecule has 0 aliphatic heterocycles. The van der Waals surface area contributed by atoms with Crippen LogP contribution in [0, 0.1) is 18.4 Å². The Morgan fingerprint density at radius 1 is 1.31 bits per heavy atom. The zero-order chi connectivity index (χ0) is 12.3. The molecule has 3 heteroatoms. The summed E-state index contributed by atoms with van der Waals surface area (Å²) >= 11 is 0. The molecule has 85 valence electrons. The topological polar surface area (TPSA) is 46.2 Å². The van der Waals surface area contributed by atoms with Crippen LogP contribution in [0.4, 0.5) is 0 Å². The predicted molar refractivity (Wildman–Crippen MR) is 61.9 cm³/mol. The Labute approximate surface area is 95.9 Å². The van der Waals surface area contributed by atoms with E-state index in [2.05, 4.69) is 11.4 Å². The van der Waals surface area contributed by atoms with Crippen LogP contribution in [0.5, 0.6) is 0 Å². The standard InChI is InChI=1S/C13H16NO2/c1-9-7-5-6-8-10(9)11(15)14-12(16)13(2,3)4/h5-7H,1-4H3,(H,14,15,16). The van der Waals surface area contributed by atoms with Gasteiger partial charge in [0.15, 0.2) is 0 Å². The lowest BCUT2D eigenvalue weighted by atomic mass is 9.95. The quantitative estimate of drug-likeness (QED) is 0.784. The van der Waals surface area contributed by atoms with Gasteiger partial charge in [0.05, 0.1) is 5.56 Å². The van der Waals surface area contributed by atoms with Crippen molar-refractivity contribution in [3.63, 3.8) is 0 Å². The summed E-state index contributed by atoms with van der Waals surface area (Å²) in [5.74, 6) is -0.674. The van der Waals surface area contributed by atoms with Crippen molar-refractivity contribution in [1.29, 1.82) is 0 Å². The third-order valence-electron chi connectivity index (χ3n) is 2.20. The Morgan fingerprint density at radius 3 is 2.44 bits per heavy atom. The summed E-state index contributed by atoms with van der Waals surface area (Å²) in [6.45, 7) is 7.10. The Kier molecular flexibility index (Phi) is 3.48. The number of rotatable bonds is 1. The van der Waals surface area contributed by atoms with Crippen molar-refractivity contribution in [3.05, 3.63) is 35.4 Å². The van der Waals surface area contributed by atoms with Gasteiger partial charge >= 0.3 is 0 Å². The number of amides is 2. The molecule has 0 saturated heterocycles. The molecule has 1 radical (unpaired) electrons. The summed E-state index contributed by atoms with van der Waals surface area (Å²) in [5, 5.41) is 2.37. The molecular formula is C13H16NO2. The second kappa shape index (κ2) is 4.47. The molecule has 0 aliphatic rings. The molecule has 0 aromatic heterocycles. The fourth-order valence-corrected chi connectivity index (χ4v) is 1.12. The van der Waals surface area contributed by atoms with E-state index in [1.807, 2.05) is 13.0 Å². The van der Waals surface area contributed by atoms with Gasteiger partial charge in [-0.1, -0.05) is 39.0 Å². The van der Waals surface area contributed by atoms with Gasteiger partial charge in [0.25, 0.3) is 5.91 Å². The third kappa shape index (κ3) is 2.92.